The average Bonchev–Trinajstić information content (AvgIpc) is 2.55. The van der Waals surface area contributed by atoms with E-state index in [0.29, 0.717) is 9.99 Å². The van der Waals surface area contributed by atoms with Gasteiger partial charge in [0.2, 0.25) is 5.91 Å². The lowest BCUT2D eigenvalue weighted by Gasteiger charge is -2.24. The predicted octanol–water partition coefficient (Wildman–Crippen LogP) is 4.50. The number of amides is 1. The van der Waals surface area contributed by atoms with E-state index < -0.39 is 17.7 Å². The summed E-state index contributed by atoms with van der Waals surface area (Å²) < 4.78 is 44.6. The SMILES string of the molecule is O=C(Nc1cc(C(F)(F)F)ccc1I)C1COc2ccccc2C1. The molecule has 0 spiro atoms. The van der Waals surface area contributed by atoms with Gasteiger partial charge in [-0.2, -0.15) is 13.2 Å². The largest absolute Gasteiger partial charge is 0.492 e. The predicted molar refractivity (Wildman–Crippen MR) is 91.9 cm³/mol. The molecule has 0 aliphatic carbocycles. The first-order valence-corrected chi connectivity index (χ1v) is 8.31. The molecule has 1 N–H and O–H groups in total. The van der Waals surface area contributed by atoms with E-state index in [4.69, 9.17) is 4.74 Å². The molecule has 0 aromatic heterocycles. The van der Waals surface area contributed by atoms with Crippen molar-refractivity contribution in [1.82, 2.24) is 0 Å². The number of halogens is 4. The fourth-order valence-electron chi connectivity index (χ4n) is 2.53. The molecule has 1 aliphatic heterocycles. The highest BCUT2D eigenvalue weighted by molar-refractivity contribution is 14.1. The smallest absolute Gasteiger partial charge is 0.416 e. The van der Waals surface area contributed by atoms with E-state index in [1.807, 2.05) is 46.9 Å². The Bertz CT molecular complexity index is 777. The molecule has 0 bridgehead atoms. The standard InChI is InChI=1S/C17H13F3INO2/c18-17(19,20)12-5-6-13(21)14(8-12)22-16(23)11-7-10-3-1-2-4-15(10)24-9-11/h1-6,8,11H,7,9H2,(H,22,23). The molecule has 0 radical (unpaired) electrons. The summed E-state index contributed by atoms with van der Waals surface area (Å²) in [4.78, 5) is 12.4. The van der Waals surface area contributed by atoms with Crippen molar-refractivity contribution in [2.24, 2.45) is 5.92 Å². The number of para-hydroxylation sites is 1. The van der Waals surface area contributed by atoms with Gasteiger partial charge >= 0.3 is 6.18 Å². The van der Waals surface area contributed by atoms with Crippen molar-refractivity contribution in [3.05, 3.63) is 57.2 Å². The number of carbonyl (C=O) groups is 1. The maximum atomic E-state index is 12.8. The highest BCUT2D eigenvalue weighted by Gasteiger charge is 2.32. The zero-order valence-electron chi connectivity index (χ0n) is 12.4. The average molecular weight is 447 g/mol. The number of hydrogen-bond acceptors (Lipinski definition) is 2. The number of benzene rings is 2. The first-order valence-electron chi connectivity index (χ1n) is 7.23. The molecule has 0 saturated carbocycles. The Balaban J connectivity index is 1.76. The van der Waals surface area contributed by atoms with E-state index in [1.54, 1.807) is 0 Å². The molecule has 24 heavy (non-hydrogen) atoms. The lowest BCUT2D eigenvalue weighted by atomic mass is 9.96. The third-order valence-corrected chi connectivity index (χ3v) is 4.74. The number of alkyl halides is 3. The number of rotatable bonds is 2. The molecule has 1 amide bonds. The van der Waals surface area contributed by atoms with E-state index in [9.17, 15) is 18.0 Å². The maximum absolute atomic E-state index is 12.8. The van der Waals surface area contributed by atoms with Gasteiger partial charge in [-0.3, -0.25) is 4.79 Å². The highest BCUT2D eigenvalue weighted by Crippen LogP contribution is 2.33. The zero-order valence-corrected chi connectivity index (χ0v) is 14.5. The van der Waals surface area contributed by atoms with Crippen LogP contribution in [-0.2, 0) is 17.4 Å². The normalized spacial score (nSPS) is 16.9. The number of anilines is 1. The molecule has 126 valence electrons. The van der Waals surface area contributed by atoms with Crippen LogP contribution >= 0.6 is 22.6 Å². The van der Waals surface area contributed by atoms with Crippen LogP contribution in [0.5, 0.6) is 5.75 Å². The number of fused-ring (bicyclic) bond motifs is 1. The minimum atomic E-state index is -4.45. The second kappa shape index (κ2) is 6.62. The summed E-state index contributed by atoms with van der Waals surface area (Å²) in [6, 6.07) is 10.7. The van der Waals surface area contributed by atoms with Crippen molar-refractivity contribution >= 4 is 34.2 Å². The molecular weight excluding hydrogens is 434 g/mol. The van der Waals surface area contributed by atoms with E-state index in [2.05, 4.69) is 5.32 Å². The van der Waals surface area contributed by atoms with Crippen molar-refractivity contribution < 1.29 is 22.7 Å². The third-order valence-electron chi connectivity index (χ3n) is 3.80. The minimum Gasteiger partial charge on any atom is -0.492 e. The van der Waals surface area contributed by atoms with Gasteiger partial charge in [0, 0.05) is 3.57 Å². The molecule has 1 aliphatic rings. The molecule has 0 saturated heterocycles. The van der Waals surface area contributed by atoms with Crippen LogP contribution in [0.4, 0.5) is 18.9 Å². The Morgan fingerprint density at radius 3 is 2.71 bits per heavy atom. The molecule has 7 heteroatoms. The van der Waals surface area contributed by atoms with Crippen LogP contribution in [0.2, 0.25) is 0 Å². The molecule has 0 fully saturated rings. The van der Waals surface area contributed by atoms with Crippen LogP contribution in [0.3, 0.4) is 0 Å². The fraction of sp³-hybridized carbons (Fsp3) is 0.235. The summed E-state index contributed by atoms with van der Waals surface area (Å²) in [6.45, 7) is 0.207. The van der Waals surface area contributed by atoms with Crippen molar-refractivity contribution in [3.8, 4) is 5.75 Å². The van der Waals surface area contributed by atoms with E-state index in [-0.39, 0.29) is 18.2 Å². The molecular formula is C17H13F3INO2. The van der Waals surface area contributed by atoms with Gasteiger partial charge in [0.05, 0.1) is 17.2 Å². The Morgan fingerprint density at radius 2 is 1.96 bits per heavy atom. The molecule has 2 aromatic carbocycles. The number of carbonyl (C=O) groups excluding carboxylic acids is 1. The number of nitrogens with one attached hydrogen (secondary N) is 1. The zero-order chi connectivity index (χ0) is 17.3. The number of ether oxygens (including phenoxy) is 1. The van der Waals surface area contributed by atoms with Crippen LogP contribution in [0.15, 0.2) is 42.5 Å². The quantitative estimate of drug-likeness (QED) is 0.689. The molecule has 1 unspecified atom stereocenters. The van der Waals surface area contributed by atoms with Crippen LogP contribution < -0.4 is 10.1 Å². The van der Waals surface area contributed by atoms with Crippen LogP contribution in [0.1, 0.15) is 11.1 Å². The van der Waals surface area contributed by atoms with E-state index >= 15 is 0 Å². The summed E-state index contributed by atoms with van der Waals surface area (Å²) >= 11 is 1.90. The molecule has 1 heterocycles. The summed E-state index contributed by atoms with van der Waals surface area (Å²) in [5.41, 5.74) is 0.292. The van der Waals surface area contributed by atoms with Gasteiger partial charge in [0.15, 0.2) is 0 Å². The summed E-state index contributed by atoms with van der Waals surface area (Å²) in [7, 11) is 0. The molecule has 2 aromatic rings. The molecule has 3 nitrogen and oxygen atoms in total. The third kappa shape index (κ3) is 3.66. The van der Waals surface area contributed by atoms with Gasteiger partial charge in [-0.05, 0) is 58.8 Å². The van der Waals surface area contributed by atoms with Crippen LogP contribution in [0.25, 0.3) is 0 Å². The van der Waals surface area contributed by atoms with E-state index in [1.165, 1.54) is 6.07 Å². The van der Waals surface area contributed by atoms with E-state index in [0.717, 1.165) is 23.4 Å². The summed E-state index contributed by atoms with van der Waals surface area (Å²) in [5.74, 6) is -0.0396. The van der Waals surface area contributed by atoms with Crippen molar-refractivity contribution in [3.63, 3.8) is 0 Å². The summed E-state index contributed by atoms with van der Waals surface area (Å²) in [5, 5.41) is 2.60. The second-order valence-electron chi connectivity index (χ2n) is 5.50. The molecule has 3 rings (SSSR count). The topological polar surface area (TPSA) is 38.3 Å². The highest BCUT2D eigenvalue weighted by atomic mass is 127. The van der Waals surface area contributed by atoms with Gasteiger partial charge in [-0.25, -0.2) is 0 Å². The number of hydrogen-bond donors (Lipinski definition) is 1. The van der Waals surface area contributed by atoms with Gasteiger partial charge in [0.25, 0.3) is 0 Å². The lowest BCUT2D eigenvalue weighted by molar-refractivity contribution is -0.137. The van der Waals surface area contributed by atoms with Gasteiger partial charge in [-0.1, -0.05) is 18.2 Å². The molecule has 1 atom stereocenters. The lowest BCUT2D eigenvalue weighted by Crippen LogP contribution is -2.32. The van der Waals surface area contributed by atoms with Crippen molar-refractivity contribution in [1.29, 1.82) is 0 Å². The Kier molecular flexibility index (Phi) is 4.71. The van der Waals surface area contributed by atoms with Gasteiger partial charge in [-0.15, -0.1) is 0 Å². The van der Waals surface area contributed by atoms with Gasteiger partial charge < -0.3 is 10.1 Å². The Morgan fingerprint density at radius 1 is 1.21 bits per heavy atom. The second-order valence-corrected chi connectivity index (χ2v) is 6.66. The maximum Gasteiger partial charge on any atom is 0.416 e. The first-order chi connectivity index (χ1) is 11.3. The van der Waals surface area contributed by atoms with Crippen molar-refractivity contribution in [2.45, 2.75) is 12.6 Å². The first kappa shape index (κ1) is 17.1. The van der Waals surface area contributed by atoms with Crippen LogP contribution in [0, 0.1) is 9.49 Å². The Labute approximate surface area is 150 Å². The fourth-order valence-corrected chi connectivity index (χ4v) is 3.00. The minimum absolute atomic E-state index is 0.161. The summed E-state index contributed by atoms with van der Waals surface area (Å²) in [6.07, 6.45) is -3.95. The van der Waals surface area contributed by atoms with Gasteiger partial charge in [0.1, 0.15) is 12.4 Å². The Hall–Kier alpha value is -1.77. The monoisotopic (exact) mass is 447 g/mol. The van der Waals surface area contributed by atoms with Crippen LogP contribution in [-0.4, -0.2) is 12.5 Å². The van der Waals surface area contributed by atoms with Crippen molar-refractivity contribution in [2.75, 3.05) is 11.9 Å².